The molecule has 0 aliphatic rings. The van der Waals surface area contributed by atoms with Gasteiger partial charge >= 0.3 is 0 Å². The van der Waals surface area contributed by atoms with E-state index in [1.165, 1.54) is 0 Å². The number of hydrogen-bond acceptors (Lipinski definition) is 4. The predicted octanol–water partition coefficient (Wildman–Crippen LogP) is 8.61. The number of Topliss-reactive ketones (excluding diaryl/α,β-unsaturated/α-hetero) is 1. The molecule has 3 aromatic rings. The van der Waals surface area contributed by atoms with Crippen molar-refractivity contribution in [3.63, 3.8) is 0 Å². The van der Waals surface area contributed by atoms with E-state index in [4.69, 9.17) is 16.2 Å². The molecule has 1 unspecified atom stereocenters. The molecule has 0 radical (unpaired) electrons. The van der Waals surface area contributed by atoms with Crippen molar-refractivity contribution in [3.8, 4) is 11.8 Å². The number of benzene rings is 3. The second-order valence-electron chi connectivity index (χ2n) is 13.3. The number of nitrogens with one attached hydrogen (secondary N) is 1. The maximum absolute atomic E-state index is 13.8. The number of rotatable bonds is 11. The molecule has 0 saturated carbocycles. The Morgan fingerprint density at radius 1 is 0.956 bits per heavy atom. The van der Waals surface area contributed by atoms with E-state index in [0.717, 1.165) is 16.7 Å². The third-order valence-corrected chi connectivity index (χ3v) is 7.88. The van der Waals surface area contributed by atoms with Gasteiger partial charge in [-0.05, 0) is 73.9 Å². The number of amides is 1. The first-order valence-electron chi connectivity index (χ1n) is 14.9. The molecule has 8 heteroatoms. The molecule has 0 fully saturated rings. The summed E-state index contributed by atoms with van der Waals surface area (Å²) >= 11 is 6.51. The average Bonchev–Trinajstić information content (AvgIpc) is 2.93. The van der Waals surface area contributed by atoms with Gasteiger partial charge < -0.3 is 5.32 Å². The molecule has 3 rings (SSSR count). The molecule has 0 aliphatic carbocycles. The van der Waals surface area contributed by atoms with Crippen molar-refractivity contribution >= 4 is 45.2 Å². The molecule has 238 valence electrons. The fourth-order valence-corrected chi connectivity index (χ4v) is 5.08. The first kappa shape index (κ1) is 35.8. The summed E-state index contributed by atoms with van der Waals surface area (Å²) in [5.41, 5.74) is 4.28. The Morgan fingerprint density at radius 3 is 2.16 bits per heavy atom. The summed E-state index contributed by atoms with van der Waals surface area (Å²) in [6, 6.07) is 20.1. The van der Waals surface area contributed by atoms with Crippen LogP contribution < -0.4 is 5.32 Å². The van der Waals surface area contributed by atoms with Crippen LogP contribution in [0.5, 0.6) is 0 Å². The molecule has 2 N–H and O–H groups in total. The first-order valence-corrected chi connectivity index (χ1v) is 16.9. The zero-order valence-electron chi connectivity index (χ0n) is 26.8. The maximum atomic E-state index is 13.8. The van der Waals surface area contributed by atoms with Crippen molar-refractivity contribution in [3.05, 3.63) is 106 Å². The molecule has 6 nitrogen and oxygen atoms in total. The monoisotopic (exact) mass is 647 g/mol. The number of carbonyl (C=O) groups excluding carboxylic acids is 2. The predicted molar refractivity (Wildman–Crippen MR) is 184 cm³/mol. The molecular weight excluding hydrogens is 606 g/mol. The van der Waals surface area contributed by atoms with Crippen LogP contribution in [0.3, 0.4) is 0 Å². The molecule has 0 spiro atoms. The molecule has 3 aromatic carbocycles. The summed E-state index contributed by atoms with van der Waals surface area (Å²) in [4.78, 5) is 26.3. The number of allylic oxidation sites excluding steroid dienone is 1. The van der Waals surface area contributed by atoms with E-state index in [-0.39, 0.29) is 35.4 Å². The average molecular weight is 648 g/mol. The van der Waals surface area contributed by atoms with E-state index in [2.05, 4.69) is 50.1 Å². The highest BCUT2D eigenvalue weighted by Gasteiger charge is 2.22. The molecular formula is C37H42ClNO5S. The smallest absolute Gasteiger partial charge is 0.264 e. The summed E-state index contributed by atoms with van der Waals surface area (Å²) in [5, 5.41) is 3.47. The minimum atomic E-state index is -4.11. The van der Waals surface area contributed by atoms with Crippen molar-refractivity contribution in [1.82, 2.24) is 0 Å². The highest BCUT2D eigenvalue weighted by Crippen LogP contribution is 2.27. The highest BCUT2D eigenvalue weighted by atomic mass is 35.5. The Morgan fingerprint density at radius 2 is 1.60 bits per heavy atom. The second kappa shape index (κ2) is 15.1. The Balaban J connectivity index is 1.84. The third kappa shape index (κ3) is 12.7. The number of carbonyl (C=O) groups is 2. The maximum Gasteiger partial charge on any atom is 0.264 e. The number of anilines is 1. The molecule has 1 amide bonds. The van der Waals surface area contributed by atoms with Crippen LogP contribution in [0.4, 0.5) is 5.69 Å². The zero-order valence-corrected chi connectivity index (χ0v) is 28.4. The Bertz CT molecular complexity index is 1700. The van der Waals surface area contributed by atoms with E-state index in [1.807, 2.05) is 45.0 Å². The van der Waals surface area contributed by atoms with Crippen LogP contribution in [-0.2, 0) is 21.3 Å². The van der Waals surface area contributed by atoms with E-state index in [9.17, 15) is 18.0 Å². The first-order chi connectivity index (χ1) is 20.9. The standard InChI is InChI=1S/C37H42ClNO5S/c1-36(2,3)21-19-26-9-13-28(14-10-26)32(24-27-11-15-30(16-12-27)34(40)8-7-23-45(42,43)44)35(41)39-31-18-17-29(33(38)25-31)20-22-37(4,5)6/h9-19,21,25,32H,7-8,23-24H2,1-6H3,(H,39,41)(H,42,43,44)/b21-19+. The van der Waals surface area contributed by atoms with Crippen LogP contribution in [0.15, 0.2) is 72.8 Å². The van der Waals surface area contributed by atoms with Gasteiger partial charge in [0, 0.05) is 28.7 Å². The molecule has 0 aromatic heterocycles. The molecule has 0 heterocycles. The lowest BCUT2D eigenvalue weighted by Crippen LogP contribution is -2.23. The fraction of sp³-hybridized carbons (Fsp3) is 0.351. The van der Waals surface area contributed by atoms with Gasteiger partial charge in [0.05, 0.1) is 16.7 Å². The summed E-state index contributed by atoms with van der Waals surface area (Å²) < 4.78 is 30.8. The van der Waals surface area contributed by atoms with E-state index < -0.39 is 21.8 Å². The lowest BCUT2D eigenvalue weighted by molar-refractivity contribution is -0.117. The summed E-state index contributed by atoms with van der Waals surface area (Å²) in [5.74, 6) is 4.86. The van der Waals surface area contributed by atoms with Gasteiger partial charge in [-0.3, -0.25) is 14.1 Å². The van der Waals surface area contributed by atoms with Gasteiger partial charge in [-0.25, -0.2) is 0 Å². The van der Waals surface area contributed by atoms with Gasteiger partial charge in [0.15, 0.2) is 5.78 Å². The molecule has 0 aliphatic heterocycles. The van der Waals surface area contributed by atoms with Gasteiger partial charge in [-0.1, -0.05) is 105 Å². The van der Waals surface area contributed by atoms with Crippen LogP contribution in [0.2, 0.25) is 5.02 Å². The minimum absolute atomic E-state index is 0.00329. The number of halogens is 1. The number of hydrogen-bond donors (Lipinski definition) is 2. The van der Waals surface area contributed by atoms with Gasteiger partial charge in [0.2, 0.25) is 5.91 Å². The van der Waals surface area contributed by atoms with Crippen molar-refractivity contribution in [2.45, 2.75) is 66.7 Å². The van der Waals surface area contributed by atoms with Crippen molar-refractivity contribution in [1.29, 1.82) is 0 Å². The van der Waals surface area contributed by atoms with Crippen LogP contribution in [-0.4, -0.2) is 30.4 Å². The summed E-state index contributed by atoms with van der Waals surface area (Å²) in [7, 11) is -4.11. The minimum Gasteiger partial charge on any atom is -0.325 e. The largest absolute Gasteiger partial charge is 0.325 e. The zero-order chi connectivity index (χ0) is 33.4. The van der Waals surface area contributed by atoms with E-state index in [0.29, 0.717) is 28.3 Å². The normalized spacial score (nSPS) is 12.8. The van der Waals surface area contributed by atoms with E-state index in [1.54, 1.807) is 42.5 Å². The molecule has 0 bridgehead atoms. The summed E-state index contributed by atoms with van der Waals surface area (Å²) in [6.07, 6.45) is 4.62. The number of ketones is 1. The molecule has 0 saturated heterocycles. The summed E-state index contributed by atoms with van der Waals surface area (Å²) in [6.45, 7) is 12.5. The van der Waals surface area contributed by atoms with Crippen molar-refractivity contribution < 1.29 is 22.6 Å². The van der Waals surface area contributed by atoms with Crippen LogP contribution in [0.25, 0.3) is 6.08 Å². The fourth-order valence-electron chi connectivity index (χ4n) is 4.35. The second-order valence-corrected chi connectivity index (χ2v) is 15.3. The van der Waals surface area contributed by atoms with Gasteiger partial charge in [0.1, 0.15) is 0 Å². The topological polar surface area (TPSA) is 101 Å². The molecule has 45 heavy (non-hydrogen) atoms. The highest BCUT2D eigenvalue weighted by molar-refractivity contribution is 7.85. The SMILES string of the molecule is CC(C)(C)C#Cc1ccc(NC(=O)C(Cc2ccc(C(=O)CCCS(=O)(=O)O)cc2)c2ccc(/C=C/C(C)(C)C)cc2)cc1Cl. The third-order valence-electron chi connectivity index (χ3n) is 6.76. The van der Waals surface area contributed by atoms with Crippen molar-refractivity contribution in [2.24, 2.45) is 10.8 Å². The Labute approximate surface area is 273 Å². The van der Waals surface area contributed by atoms with Gasteiger partial charge in [-0.15, -0.1) is 0 Å². The van der Waals surface area contributed by atoms with Crippen LogP contribution >= 0.6 is 11.6 Å². The lowest BCUT2D eigenvalue weighted by Gasteiger charge is -2.19. The lowest BCUT2D eigenvalue weighted by atomic mass is 9.89. The van der Waals surface area contributed by atoms with E-state index >= 15 is 0 Å². The van der Waals surface area contributed by atoms with Crippen molar-refractivity contribution in [2.75, 3.05) is 11.1 Å². The van der Waals surface area contributed by atoms with Gasteiger partial charge in [-0.2, -0.15) is 8.42 Å². The van der Waals surface area contributed by atoms with Crippen LogP contribution in [0, 0.1) is 22.7 Å². The van der Waals surface area contributed by atoms with Crippen LogP contribution in [0.1, 0.15) is 92.9 Å². The van der Waals surface area contributed by atoms with Gasteiger partial charge in [0.25, 0.3) is 10.1 Å². The quantitative estimate of drug-likeness (QED) is 0.123. The Hall–Kier alpha value is -3.70. The Kier molecular flexibility index (Phi) is 12.0. The molecule has 1 atom stereocenters.